The van der Waals surface area contributed by atoms with Gasteiger partial charge in [0.05, 0.1) is 4.99 Å². The van der Waals surface area contributed by atoms with E-state index >= 15 is 0 Å². The predicted molar refractivity (Wildman–Crippen MR) is 61.3 cm³/mol. The SMILES string of the molecule is CCN(CCC(N)=S)c1cccnn1. The molecule has 0 aliphatic heterocycles. The molecule has 0 radical (unpaired) electrons. The molecule has 0 aromatic carbocycles. The minimum atomic E-state index is 0.535. The molecule has 4 nitrogen and oxygen atoms in total. The first-order valence-corrected chi connectivity index (χ1v) is 4.95. The standard InChI is InChI=1S/C9H14N4S/c1-2-13(7-5-8(10)14)9-4-3-6-11-12-9/h3-4,6H,2,5,7H2,1H3,(H2,10,14). The molecule has 2 N–H and O–H groups in total. The smallest absolute Gasteiger partial charge is 0.151 e. The number of nitrogens with two attached hydrogens (primary N) is 1. The topological polar surface area (TPSA) is 55.0 Å². The Kier molecular flexibility index (Phi) is 4.25. The van der Waals surface area contributed by atoms with Crippen molar-refractivity contribution in [1.82, 2.24) is 10.2 Å². The molecule has 14 heavy (non-hydrogen) atoms. The maximum atomic E-state index is 5.44. The van der Waals surface area contributed by atoms with Crippen molar-refractivity contribution in [2.75, 3.05) is 18.0 Å². The molecule has 76 valence electrons. The largest absolute Gasteiger partial charge is 0.393 e. The van der Waals surface area contributed by atoms with E-state index in [1.807, 2.05) is 12.1 Å². The third-order valence-corrected chi connectivity index (χ3v) is 2.10. The van der Waals surface area contributed by atoms with Crippen molar-refractivity contribution in [2.45, 2.75) is 13.3 Å². The van der Waals surface area contributed by atoms with Crippen molar-refractivity contribution >= 4 is 23.0 Å². The molecule has 0 bridgehead atoms. The van der Waals surface area contributed by atoms with Crippen molar-refractivity contribution in [3.8, 4) is 0 Å². The third-order valence-electron chi connectivity index (χ3n) is 1.89. The maximum Gasteiger partial charge on any atom is 0.151 e. The molecule has 1 heterocycles. The lowest BCUT2D eigenvalue weighted by atomic mass is 10.3. The Labute approximate surface area is 89.1 Å². The van der Waals surface area contributed by atoms with Crippen molar-refractivity contribution in [2.24, 2.45) is 5.73 Å². The average Bonchev–Trinajstić information content (AvgIpc) is 2.20. The second-order valence-electron chi connectivity index (χ2n) is 2.88. The van der Waals surface area contributed by atoms with E-state index in [1.54, 1.807) is 6.20 Å². The van der Waals surface area contributed by atoms with Crippen LogP contribution in [0.2, 0.25) is 0 Å². The number of thiocarbonyl (C=S) groups is 1. The van der Waals surface area contributed by atoms with Crippen LogP contribution in [0.1, 0.15) is 13.3 Å². The van der Waals surface area contributed by atoms with Gasteiger partial charge in [-0.3, -0.25) is 0 Å². The highest BCUT2D eigenvalue weighted by atomic mass is 32.1. The van der Waals surface area contributed by atoms with E-state index in [2.05, 4.69) is 22.0 Å². The lowest BCUT2D eigenvalue weighted by Gasteiger charge is -2.20. The van der Waals surface area contributed by atoms with Gasteiger partial charge in [-0.2, -0.15) is 5.10 Å². The molecule has 1 aromatic rings. The summed E-state index contributed by atoms with van der Waals surface area (Å²) in [6.45, 7) is 3.74. The van der Waals surface area contributed by atoms with Crippen molar-refractivity contribution < 1.29 is 0 Å². The van der Waals surface area contributed by atoms with E-state index in [0.29, 0.717) is 11.4 Å². The van der Waals surface area contributed by atoms with Crippen molar-refractivity contribution in [1.29, 1.82) is 0 Å². The molecule has 0 atom stereocenters. The Morgan fingerprint density at radius 3 is 2.93 bits per heavy atom. The normalized spacial score (nSPS) is 9.79. The minimum absolute atomic E-state index is 0.535. The van der Waals surface area contributed by atoms with Gasteiger partial charge in [0.1, 0.15) is 0 Å². The van der Waals surface area contributed by atoms with Gasteiger partial charge in [-0.25, -0.2) is 0 Å². The number of anilines is 1. The second kappa shape index (κ2) is 5.49. The number of nitrogens with zero attached hydrogens (tertiary/aromatic N) is 3. The van der Waals surface area contributed by atoms with Crippen LogP contribution >= 0.6 is 12.2 Å². The Bertz CT molecular complexity index is 288. The summed E-state index contributed by atoms with van der Waals surface area (Å²) in [7, 11) is 0. The lowest BCUT2D eigenvalue weighted by Crippen LogP contribution is -2.28. The highest BCUT2D eigenvalue weighted by Crippen LogP contribution is 2.07. The van der Waals surface area contributed by atoms with Crippen LogP contribution in [0.15, 0.2) is 18.3 Å². The van der Waals surface area contributed by atoms with E-state index in [0.717, 1.165) is 18.9 Å². The molecule has 0 saturated carbocycles. The molecule has 1 rings (SSSR count). The first kappa shape index (κ1) is 10.8. The number of rotatable bonds is 5. The van der Waals surface area contributed by atoms with Gasteiger partial charge in [-0.05, 0) is 19.1 Å². The van der Waals surface area contributed by atoms with Gasteiger partial charge in [-0.1, -0.05) is 12.2 Å². The van der Waals surface area contributed by atoms with E-state index in [4.69, 9.17) is 18.0 Å². The summed E-state index contributed by atoms with van der Waals surface area (Å²) in [4.78, 5) is 2.62. The fraction of sp³-hybridized carbons (Fsp3) is 0.444. The Morgan fingerprint density at radius 1 is 1.64 bits per heavy atom. The van der Waals surface area contributed by atoms with Crippen LogP contribution in [0, 0.1) is 0 Å². The van der Waals surface area contributed by atoms with Gasteiger partial charge in [0.25, 0.3) is 0 Å². The fourth-order valence-electron chi connectivity index (χ4n) is 1.14. The monoisotopic (exact) mass is 210 g/mol. The van der Waals surface area contributed by atoms with Crippen LogP contribution in [-0.2, 0) is 0 Å². The van der Waals surface area contributed by atoms with Gasteiger partial charge in [0.2, 0.25) is 0 Å². The number of aromatic nitrogens is 2. The van der Waals surface area contributed by atoms with Crippen molar-refractivity contribution in [3.63, 3.8) is 0 Å². The van der Waals surface area contributed by atoms with Crippen LogP contribution in [0.3, 0.4) is 0 Å². The number of hydrogen-bond acceptors (Lipinski definition) is 4. The van der Waals surface area contributed by atoms with Crippen LogP contribution in [-0.4, -0.2) is 28.3 Å². The summed E-state index contributed by atoms with van der Waals surface area (Å²) >= 11 is 4.83. The molecule has 0 saturated heterocycles. The molecule has 0 unspecified atom stereocenters. The van der Waals surface area contributed by atoms with E-state index in [-0.39, 0.29) is 0 Å². The second-order valence-corrected chi connectivity index (χ2v) is 3.40. The molecule has 1 aromatic heterocycles. The number of hydrogen-bond donors (Lipinski definition) is 1. The maximum absolute atomic E-state index is 5.44. The Morgan fingerprint density at radius 2 is 2.43 bits per heavy atom. The first-order valence-electron chi connectivity index (χ1n) is 4.55. The van der Waals surface area contributed by atoms with Gasteiger partial charge in [-0.15, -0.1) is 5.10 Å². The average molecular weight is 210 g/mol. The zero-order valence-corrected chi connectivity index (χ0v) is 9.00. The predicted octanol–water partition coefficient (Wildman–Crippen LogP) is 0.979. The summed E-state index contributed by atoms with van der Waals surface area (Å²) in [5, 5.41) is 7.84. The highest BCUT2D eigenvalue weighted by molar-refractivity contribution is 7.80. The molecule has 0 aliphatic rings. The zero-order chi connectivity index (χ0) is 10.4. The van der Waals surface area contributed by atoms with Crippen LogP contribution < -0.4 is 10.6 Å². The summed E-state index contributed by atoms with van der Waals surface area (Å²) in [5.74, 6) is 0.867. The van der Waals surface area contributed by atoms with E-state index < -0.39 is 0 Å². The molecule has 0 aliphatic carbocycles. The van der Waals surface area contributed by atoms with Crippen LogP contribution in [0.4, 0.5) is 5.82 Å². The van der Waals surface area contributed by atoms with Crippen molar-refractivity contribution in [3.05, 3.63) is 18.3 Å². The van der Waals surface area contributed by atoms with Gasteiger partial charge in [0.15, 0.2) is 5.82 Å². The molecule has 0 fully saturated rings. The summed E-state index contributed by atoms with van der Waals surface area (Å²) in [6.07, 6.45) is 2.37. The van der Waals surface area contributed by atoms with Gasteiger partial charge >= 0.3 is 0 Å². The fourth-order valence-corrected chi connectivity index (χ4v) is 1.23. The highest BCUT2D eigenvalue weighted by Gasteiger charge is 2.05. The minimum Gasteiger partial charge on any atom is -0.393 e. The molecule has 5 heteroatoms. The van der Waals surface area contributed by atoms with Gasteiger partial charge in [0, 0.05) is 25.7 Å². The van der Waals surface area contributed by atoms with Crippen LogP contribution in [0.25, 0.3) is 0 Å². The Balaban J connectivity index is 2.58. The summed E-state index contributed by atoms with van der Waals surface area (Å²) in [5.41, 5.74) is 5.44. The zero-order valence-electron chi connectivity index (χ0n) is 8.18. The summed E-state index contributed by atoms with van der Waals surface area (Å²) < 4.78 is 0. The molecule has 0 amide bonds. The van der Waals surface area contributed by atoms with E-state index in [9.17, 15) is 0 Å². The molecular weight excluding hydrogens is 196 g/mol. The van der Waals surface area contributed by atoms with Crippen LogP contribution in [0.5, 0.6) is 0 Å². The summed E-state index contributed by atoms with van der Waals surface area (Å²) in [6, 6.07) is 3.79. The third kappa shape index (κ3) is 3.26. The lowest BCUT2D eigenvalue weighted by molar-refractivity contribution is 0.802. The quantitative estimate of drug-likeness (QED) is 0.734. The molecular formula is C9H14N4S. The Hall–Kier alpha value is -1.23. The first-order chi connectivity index (χ1) is 6.74. The van der Waals surface area contributed by atoms with Gasteiger partial charge < -0.3 is 10.6 Å². The van der Waals surface area contributed by atoms with E-state index in [1.165, 1.54) is 0 Å². The molecule has 0 spiro atoms.